The van der Waals surface area contributed by atoms with E-state index in [1.54, 1.807) is 0 Å². The first-order valence-corrected chi connectivity index (χ1v) is 6.16. The lowest BCUT2D eigenvalue weighted by atomic mass is 10.2. The predicted octanol–water partition coefficient (Wildman–Crippen LogP) is 2.04. The van der Waals surface area contributed by atoms with E-state index in [9.17, 15) is 0 Å². The molecular weight excluding hydrogens is 198 g/mol. The number of nitrogens with one attached hydrogen (secondary N) is 1. The highest BCUT2D eigenvalue weighted by molar-refractivity contribution is 5.51. The van der Waals surface area contributed by atoms with Crippen molar-refractivity contribution in [2.24, 2.45) is 5.92 Å². The first-order valence-electron chi connectivity index (χ1n) is 6.16. The third-order valence-corrected chi connectivity index (χ3v) is 3.09. The van der Waals surface area contributed by atoms with Gasteiger partial charge >= 0.3 is 0 Å². The minimum atomic E-state index is 0.914. The zero-order chi connectivity index (χ0) is 11.4. The van der Waals surface area contributed by atoms with Crippen molar-refractivity contribution in [3.63, 3.8) is 0 Å². The summed E-state index contributed by atoms with van der Waals surface area (Å²) in [4.78, 5) is 6.58. The van der Waals surface area contributed by atoms with E-state index in [1.165, 1.54) is 30.6 Å². The largest absolute Gasteiger partial charge is 0.373 e. The van der Waals surface area contributed by atoms with Gasteiger partial charge in [-0.1, -0.05) is 6.92 Å². The molecule has 0 radical (unpaired) electrons. The average Bonchev–Trinajstić information content (AvgIpc) is 3.10. The second kappa shape index (κ2) is 5.30. The number of hydrogen-bond acceptors (Lipinski definition) is 3. The Labute approximate surface area is 97.9 Å². The van der Waals surface area contributed by atoms with Gasteiger partial charge in [0.1, 0.15) is 0 Å². The Bertz CT molecular complexity index is 334. The summed E-state index contributed by atoms with van der Waals surface area (Å²) in [6.07, 6.45) is 6.65. The Kier molecular flexibility index (Phi) is 3.78. The van der Waals surface area contributed by atoms with Gasteiger partial charge in [-0.2, -0.15) is 0 Å². The third-order valence-electron chi connectivity index (χ3n) is 3.09. The minimum Gasteiger partial charge on any atom is -0.373 e. The standard InChI is InChI=1S/C13H21N3/c1-3-14-8-12-6-7-15-9-13(12)16(2)10-11-4-5-11/h6-7,9,11,14H,3-5,8,10H2,1-2H3. The van der Waals surface area contributed by atoms with Crippen molar-refractivity contribution in [2.45, 2.75) is 26.3 Å². The molecule has 1 fully saturated rings. The van der Waals surface area contributed by atoms with Crippen LogP contribution in [0.3, 0.4) is 0 Å². The lowest BCUT2D eigenvalue weighted by Gasteiger charge is -2.21. The summed E-state index contributed by atoms with van der Waals surface area (Å²) in [5.41, 5.74) is 2.62. The quantitative estimate of drug-likeness (QED) is 0.793. The fourth-order valence-corrected chi connectivity index (χ4v) is 1.95. The fourth-order valence-electron chi connectivity index (χ4n) is 1.95. The van der Waals surface area contributed by atoms with Gasteiger partial charge < -0.3 is 10.2 Å². The van der Waals surface area contributed by atoms with Gasteiger partial charge in [-0.05, 0) is 36.9 Å². The summed E-state index contributed by atoms with van der Waals surface area (Å²) in [7, 11) is 2.17. The van der Waals surface area contributed by atoms with E-state index in [4.69, 9.17) is 0 Å². The number of nitrogens with zero attached hydrogens (tertiary/aromatic N) is 2. The second-order valence-corrected chi connectivity index (χ2v) is 4.61. The zero-order valence-electron chi connectivity index (χ0n) is 10.2. The molecule has 2 rings (SSSR count). The average molecular weight is 219 g/mol. The maximum absolute atomic E-state index is 4.23. The molecule has 88 valence electrons. The zero-order valence-corrected chi connectivity index (χ0v) is 10.2. The van der Waals surface area contributed by atoms with Gasteiger partial charge in [0.05, 0.1) is 11.9 Å². The summed E-state index contributed by atoms with van der Waals surface area (Å²) in [5, 5.41) is 3.37. The van der Waals surface area contributed by atoms with E-state index in [0.29, 0.717) is 0 Å². The van der Waals surface area contributed by atoms with Gasteiger partial charge in [0.25, 0.3) is 0 Å². The van der Waals surface area contributed by atoms with Gasteiger partial charge in [0, 0.05) is 26.3 Å². The molecule has 3 heteroatoms. The van der Waals surface area contributed by atoms with E-state index < -0.39 is 0 Å². The molecule has 0 saturated heterocycles. The lowest BCUT2D eigenvalue weighted by molar-refractivity contribution is 0.716. The maximum Gasteiger partial charge on any atom is 0.0595 e. The SMILES string of the molecule is CCNCc1ccncc1N(C)CC1CC1. The first kappa shape index (κ1) is 11.4. The van der Waals surface area contributed by atoms with Crippen molar-refractivity contribution in [3.05, 3.63) is 24.0 Å². The highest BCUT2D eigenvalue weighted by Crippen LogP contribution is 2.31. The summed E-state index contributed by atoms with van der Waals surface area (Å²) in [6.45, 7) is 5.25. The number of anilines is 1. The minimum absolute atomic E-state index is 0.914. The van der Waals surface area contributed by atoms with E-state index in [-0.39, 0.29) is 0 Å². The van der Waals surface area contributed by atoms with Crippen LogP contribution in [-0.2, 0) is 6.54 Å². The first-order chi connectivity index (χ1) is 7.81. The molecular formula is C13H21N3. The van der Waals surface area contributed by atoms with Gasteiger partial charge in [0.2, 0.25) is 0 Å². The molecule has 0 aromatic carbocycles. The van der Waals surface area contributed by atoms with E-state index in [1.807, 2.05) is 12.4 Å². The Balaban J connectivity index is 2.04. The Morgan fingerprint density at radius 3 is 3.00 bits per heavy atom. The predicted molar refractivity (Wildman–Crippen MR) is 67.6 cm³/mol. The normalized spacial score (nSPS) is 15.1. The van der Waals surface area contributed by atoms with Gasteiger partial charge in [0.15, 0.2) is 0 Å². The number of rotatable bonds is 6. The topological polar surface area (TPSA) is 28.2 Å². The van der Waals surface area contributed by atoms with Gasteiger partial charge in [-0.3, -0.25) is 4.98 Å². The second-order valence-electron chi connectivity index (χ2n) is 4.61. The number of hydrogen-bond donors (Lipinski definition) is 1. The molecule has 1 aliphatic rings. The Morgan fingerprint density at radius 2 is 2.31 bits per heavy atom. The van der Waals surface area contributed by atoms with E-state index >= 15 is 0 Å². The monoisotopic (exact) mass is 219 g/mol. The van der Waals surface area contributed by atoms with Gasteiger partial charge in [-0.25, -0.2) is 0 Å². The smallest absolute Gasteiger partial charge is 0.0595 e. The summed E-state index contributed by atoms with van der Waals surface area (Å²) in [6, 6.07) is 2.11. The van der Waals surface area contributed by atoms with Crippen LogP contribution in [0.15, 0.2) is 18.5 Å². The van der Waals surface area contributed by atoms with Crippen LogP contribution in [0.25, 0.3) is 0 Å². The van der Waals surface area contributed by atoms with E-state index in [2.05, 4.69) is 35.2 Å². The fraction of sp³-hybridized carbons (Fsp3) is 0.615. The summed E-state index contributed by atoms with van der Waals surface area (Å²) < 4.78 is 0. The molecule has 16 heavy (non-hydrogen) atoms. The molecule has 3 nitrogen and oxygen atoms in total. The highest BCUT2D eigenvalue weighted by atomic mass is 15.1. The molecule has 1 N–H and O–H groups in total. The molecule has 0 aliphatic heterocycles. The lowest BCUT2D eigenvalue weighted by Crippen LogP contribution is -2.23. The van der Waals surface area contributed by atoms with Crippen molar-refractivity contribution in [2.75, 3.05) is 25.0 Å². The van der Waals surface area contributed by atoms with Crippen LogP contribution in [-0.4, -0.2) is 25.1 Å². The summed E-state index contributed by atoms with van der Waals surface area (Å²) >= 11 is 0. The molecule has 0 amide bonds. The van der Waals surface area contributed by atoms with Crippen molar-refractivity contribution in [1.29, 1.82) is 0 Å². The van der Waals surface area contributed by atoms with Crippen LogP contribution in [0.5, 0.6) is 0 Å². The number of aromatic nitrogens is 1. The Morgan fingerprint density at radius 1 is 1.50 bits per heavy atom. The van der Waals surface area contributed by atoms with Crippen molar-refractivity contribution >= 4 is 5.69 Å². The van der Waals surface area contributed by atoms with Crippen LogP contribution in [0.1, 0.15) is 25.3 Å². The van der Waals surface area contributed by atoms with Crippen LogP contribution in [0.2, 0.25) is 0 Å². The molecule has 1 heterocycles. The molecule has 1 saturated carbocycles. The van der Waals surface area contributed by atoms with Crippen LogP contribution >= 0.6 is 0 Å². The molecule has 1 aliphatic carbocycles. The van der Waals surface area contributed by atoms with Crippen molar-refractivity contribution in [3.8, 4) is 0 Å². The molecule has 0 atom stereocenters. The van der Waals surface area contributed by atoms with Crippen LogP contribution < -0.4 is 10.2 Å². The molecule has 1 aromatic rings. The molecule has 0 bridgehead atoms. The highest BCUT2D eigenvalue weighted by Gasteiger charge is 2.23. The number of pyridine rings is 1. The third kappa shape index (κ3) is 2.95. The maximum atomic E-state index is 4.23. The van der Waals surface area contributed by atoms with E-state index in [0.717, 1.165) is 19.0 Å². The molecule has 0 unspecified atom stereocenters. The van der Waals surface area contributed by atoms with Crippen molar-refractivity contribution in [1.82, 2.24) is 10.3 Å². The van der Waals surface area contributed by atoms with Gasteiger partial charge in [-0.15, -0.1) is 0 Å². The summed E-state index contributed by atoms with van der Waals surface area (Å²) in [5.74, 6) is 0.914. The van der Waals surface area contributed by atoms with Crippen molar-refractivity contribution < 1.29 is 0 Å². The van der Waals surface area contributed by atoms with Crippen LogP contribution in [0, 0.1) is 5.92 Å². The molecule has 0 spiro atoms. The Hall–Kier alpha value is -1.09. The van der Waals surface area contributed by atoms with Crippen LogP contribution in [0.4, 0.5) is 5.69 Å². The molecule has 1 aromatic heterocycles.